The first kappa shape index (κ1) is 27.5. The molecule has 2 aliphatic carbocycles. The van der Waals surface area contributed by atoms with E-state index < -0.39 is 59.8 Å². The molecule has 0 amide bonds. The number of aliphatic hydroxyl groups excluding tert-OH is 1. The number of halogens is 1. The number of carbonyl (C=O) groups is 2. The molecule has 2 aromatic rings. The molecule has 200 valence electrons. The zero-order valence-corrected chi connectivity index (χ0v) is 21.2. The van der Waals surface area contributed by atoms with Crippen LogP contribution in [0.3, 0.4) is 0 Å². The summed E-state index contributed by atoms with van der Waals surface area (Å²) in [7, 11) is 1.53. The van der Waals surface area contributed by atoms with Gasteiger partial charge in [0, 0.05) is 54.7 Å². The van der Waals surface area contributed by atoms with Crippen LogP contribution in [0.4, 0.5) is 0 Å². The number of nitrogens with two attached hydrogens (primary N) is 1. The van der Waals surface area contributed by atoms with E-state index in [-0.39, 0.29) is 71.2 Å². The summed E-state index contributed by atoms with van der Waals surface area (Å²) < 4.78 is 17.4. The number of carbonyl (C=O) groups excluding carboxylic acids is 2. The lowest BCUT2D eigenvalue weighted by molar-refractivity contribution is -0.251. The average Bonchev–Trinajstić information content (AvgIpc) is 2.84. The van der Waals surface area contributed by atoms with Gasteiger partial charge in [-0.2, -0.15) is 0 Å². The number of benzene rings is 2. The summed E-state index contributed by atoms with van der Waals surface area (Å²) in [5.74, 6) is -2.25. The molecule has 0 radical (unpaired) electrons. The average molecular weight is 536 g/mol. The van der Waals surface area contributed by atoms with Crippen LogP contribution in [-0.2, 0) is 20.6 Å². The zero-order valence-electron chi connectivity index (χ0n) is 20.3. The summed E-state index contributed by atoms with van der Waals surface area (Å²) in [6.07, 6.45) is -2.87. The Hall–Kier alpha value is -2.57. The topological polar surface area (TPSA) is 169 Å². The molecular formula is C26H30ClNO9. The standard InChI is InChI=1S/C26H29NO9.ClH/c1-11-25(34-2)15(27)7-17(35-11)36-16-9-26(33,10-28)8-14-18(16)24(32)20-19(23(14)31)21(29)12-5-3-4-6-13(12)22(20)30;/h3-6,11,15-17,25,28,31-33H,7-10,27H2,1-2H3;1H/t11?,15?,16-,17?,25?,26-;/m0./s1. The van der Waals surface area contributed by atoms with Crippen LogP contribution in [0.5, 0.6) is 11.5 Å². The number of fused-ring (bicyclic) bond motifs is 3. The van der Waals surface area contributed by atoms with Crippen LogP contribution >= 0.6 is 12.4 Å². The van der Waals surface area contributed by atoms with Crippen LogP contribution in [0.15, 0.2) is 24.3 Å². The molecule has 5 rings (SSSR count). The second-order valence-corrected chi connectivity index (χ2v) is 9.80. The third-order valence-corrected chi connectivity index (χ3v) is 7.45. The molecule has 2 aromatic carbocycles. The number of ketones is 2. The molecule has 37 heavy (non-hydrogen) atoms. The fourth-order valence-corrected chi connectivity index (χ4v) is 5.71. The number of aromatic hydroxyl groups is 2. The van der Waals surface area contributed by atoms with Crippen LogP contribution in [0.2, 0.25) is 0 Å². The van der Waals surface area contributed by atoms with Crippen LogP contribution in [-0.4, -0.2) is 75.9 Å². The van der Waals surface area contributed by atoms with Crippen molar-refractivity contribution in [2.24, 2.45) is 5.73 Å². The van der Waals surface area contributed by atoms with Crippen molar-refractivity contribution in [3.63, 3.8) is 0 Å². The first-order chi connectivity index (χ1) is 17.1. The molecule has 1 aliphatic heterocycles. The molecule has 0 spiro atoms. The number of phenolic OH excluding ortho intramolecular Hbond substituents is 2. The van der Waals surface area contributed by atoms with Gasteiger partial charge >= 0.3 is 0 Å². The molecule has 1 saturated heterocycles. The minimum atomic E-state index is -1.72. The van der Waals surface area contributed by atoms with Gasteiger partial charge in [0.05, 0.1) is 41.6 Å². The Bertz CT molecular complexity index is 1240. The molecule has 0 aromatic heterocycles. The summed E-state index contributed by atoms with van der Waals surface area (Å²) in [5, 5.41) is 43.6. The highest BCUT2D eigenvalue weighted by molar-refractivity contribution is 6.30. The summed E-state index contributed by atoms with van der Waals surface area (Å²) in [6, 6.07) is 5.75. The third-order valence-electron chi connectivity index (χ3n) is 7.45. The van der Waals surface area contributed by atoms with E-state index in [1.165, 1.54) is 19.2 Å². The summed E-state index contributed by atoms with van der Waals surface area (Å²) >= 11 is 0. The van der Waals surface area contributed by atoms with Gasteiger partial charge in [-0.1, -0.05) is 24.3 Å². The molecular weight excluding hydrogens is 506 g/mol. The van der Waals surface area contributed by atoms with Crippen molar-refractivity contribution in [1.82, 2.24) is 0 Å². The van der Waals surface area contributed by atoms with Crippen molar-refractivity contribution >= 4 is 24.0 Å². The van der Waals surface area contributed by atoms with E-state index >= 15 is 0 Å². The largest absolute Gasteiger partial charge is 0.507 e. The van der Waals surface area contributed by atoms with Gasteiger partial charge in [0.1, 0.15) is 11.5 Å². The van der Waals surface area contributed by atoms with Gasteiger partial charge in [-0.05, 0) is 6.92 Å². The lowest BCUT2D eigenvalue weighted by atomic mass is 9.73. The van der Waals surface area contributed by atoms with E-state index in [9.17, 15) is 30.0 Å². The summed E-state index contributed by atoms with van der Waals surface area (Å²) in [4.78, 5) is 26.6. The van der Waals surface area contributed by atoms with E-state index in [2.05, 4.69) is 0 Å². The van der Waals surface area contributed by atoms with Crippen molar-refractivity contribution < 1.29 is 44.2 Å². The number of phenols is 2. The quantitative estimate of drug-likeness (QED) is 0.308. The Morgan fingerprint density at radius 1 is 1.11 bits per heavy atom. The fraction of sp³-hybridized carbons (Fsp3) is 0.462. The van der Waals surface area contributed by atoms with Gasteiger partial charge in [0.25, 0.3) is 0 Å². The number of ether oxygens (including phenoxy) is 3. The molecule has 0 bridgehead atoms. The molecule has 11 heteroatoms. The van der Waals surface area contributed by atoms with E-state index in [0.29, 0.717) is 0 Å². The lowest BCUT2D eigenvalue weighted by Crippen LogP contribution is -2.53. The van der Waals surface area contributed by atoms with E-state index in [4.69, 9.17) is 19.9 Å². The molecule has 1 heterocycles. The molecule has 0 saturated carbocycles. The zero-order chi connectivity index (χ0) is 25.9. The Morgan fingerprint density at radius 3 is 2.24 bits per heavy atom. The first-order valence-corrected chi connectivity index (χ1v) is 11.8. The summed E-state index contributed by atoms with van der Waals surface area (Å²) in [6.45, 7) is 1.12. The highest BCUT2D eigenvalue weighted by Gasteiger charge is 2.47. The normalized spacial score (nSPS) is 30.7. The van der Waals surface area contributed by atoms with Crippen molar-refractivity contribution in [3.05, 3.63) is 57.6 Å². The van der Waals surface area contributed by atoms with E-state index in [1.54, 1.807) is 19.1 Å². The number of hydrogen-bond acceptors (Lipinski definition) is 10. The van der Waals surface area contributed by atoms with E-state index in [0.717, 1.165) is 0 Å². The van der Waals surface area contributed by atoms with Gasteiger partial charge in [-0.15, -0.1) is 12.4 Å². The molecule has 3 aliphatic rings. The smallest absolute Gasteiger partial charge is 0.198 e. The number of aliphatic hydroxyl groups is 2. The van der Waals surface area contributed by atoms with Gasteiger partial charge < -0.3 is 40.4 Å². The van der Waals surface area contributed by atoms with Gasteiger partial charge in [0.15, 0.2) is 17.9 Å². The highest BCUT2D eigenvalue weighted by atomic mass is 35.5. The number of hydrogen-bond donors (Lipinski definition) is 5. The number of rotatable bonds is 4. The maximum atomic E-state index is 13.3. The maximum Gasteiger partial charge on any atom is 0.198 e. The maximum absolute atomic E-state index is 13.3. The van der Waals surface area contributed by atoms with Gasteiger partial charge in [0.2, 0.25) is 0 Å². The van der Waals surface area contributed by atoms with Crippen LogP contribution in [0.1, 0.15) is 68.8 Å². The fourth-order valence-electron chi connectivity index (χ4n) is 5.71. The monoisotopic (exact) mass is 535 g/mol. The lowest BCUT2D eigenvalue weighted by Gasteiger charge is -2.43. The number of methoxy groups -OCH3 is 1. The van der Waals surface area contributed by atoms with Crippen molar-refractivity contribution in [1.29, 1.82) is 0 Å². The molecule has 6 atom stereocenters. The van der Waals surface area contributed by atoms with Crippen LogP contribution in [0.25, 0.3) is 0 Å². The second kappa shape index (κ2) is 9.95. The third kappa shape index (κ3) is 4.32. The van der Waals surface area contributed by atoms with Gasteiger partial charge in [-0.3, -0.25) is 9.59 Å². The Kier molecular flexibility index (Phi) is 7.39. The molecule has 1 fully saturated rings. The molecule has 10 nitrogen and oxygen atoms in total. The highest BCUT2D eigenvalue weighted by Crippen LogP contribution is 2.51. The predicted octanol–water partition coefficient (Wildman–Crippen LogP) is 1.50. The minimum absolute atomic E-state index is 0. The Morgan fingerprint density at radius 2 is 1.70 bits per heavy atom. The van der Waals surface area contributed by atoms with Crippen molar-refractivity contribution in [2.75, 3.05) is 13.7 Å². The first-order valence-electron chi connectivity index (χ1n) is 11.8. The van der Waals surface area contributed by atoms with Crippen molar-refractivity contribution in [3.8, 4) is 11.5 Å². The van der Waals surface area contributed by atoms with Crippen LogP contribution < -0.4 is 5.73 Å². The minimum Gasteiger partial charge on any atom is -0.507 e. The molecule has 4 unspecified atom stereocenters. The Balaban J connectivity index is 0.00000320. The molecule has 6 N–H and O–H groups in total. The second-order valence-electron chi connectivity index (χ2n) is 9.80. The van der Waals surface area contributed by atoms with Crippen LogP contribution in [0, 0.1) is 0 Å². The SMILES string of the molecule is COC1C(N)CC(O[C@H]2C[C@](O)(CO)Cc3c(O)c4c(c(O)c32)C(=O)c2ccccc2C4=O)OC1C.Cl. The van der Waals surface area contributed by atoms with Crippen molar-refractivity contribution in [2.45, 2.75) is 62.4 Å². The van der Waals surface area contributed by atoms with Gasteiger partial charge in [-0.25, -0.2) is 0 Å². The Labute approximate surface area is 219 Å². The predicted molar refractivity (Wildman–Crippen MR) is 132 cm³/mol. The van der Waals surface area contributed by atoms with E-state index in [1.807, 2.05) is 0 Å². The summed E-state index contributed by atoms with van der Waals surface area (Å²) in [5.41, 5.74) is 4.20.